The number of hydrogen-bond donors (Lipinski definition) is 2. The molecule has 4 aromatic rings. The number of nitrogens with one attached hydrogen (secondary N) is 2. The van der Waals surface area contributed by atoms with Crippen molar-refractivity contribution in [2.75, 3.05) is 7.05 Å². The highest BCUT2D eigenvalue weighted by Gasteiger charge is 2.07. The lowest BCUT2D eigenvalue weighted by Gasteiger charge is -2.11. The molecule has 0 aliphatic heterocycles. The molecular weight excluding hydrogens is 364 g/mol. The molecule has 0 aliphatic carbocycles. The van der Waals surface area contributed by atoms with Crippen LogP contribution in [0, 0.1) is 0 Å². The van der Waals surface area contributed by atoms with E-state index in [9.17, 15) is 0 Å². The van der Waals surface area contributed by atoms with E-state index < -0.39 is 0 Å². The number of rotatable bonds is 6. The molecule has 0 unspecified atom stereocenters. The first kappa shape index (κ1) is 18.5. The van der Waals surface area contributed by atoms with Gasteiger partial charge in [0.1, 0.15) is 6.26 Å². The largest absolute Gasteiger partial charge is 0.444 e. The van der Waals surface area contributed by atoms with Crippen LogP contribution in [0.4, 0.5) is 0 Å². The van der Waals surface area contributed by atoms with Crippen LogP contribution in [0.5, 0.6) is 0 Å². The van der Waals surface area contributed by atoms with Crippen LogP contribution >= 0.6 is 0 Å². The molecule has 2 aromatic heterocycles. The molecule has 0 aliphatic rings. The van der Waals surface area contributed by atoms with Gasteiger partial charge in [-0.15, -0.1) is 0 Å². The fourth-order valence-corrected chi connectivity index (χ4v) is 2.91. The van der Waals surface area contributed by atoms with Crippen LogP contribution in [0.15, 0.2) is 88.7 Å². The van der Waals surface area contributed by atoms with Gasteiger partial charge in [0.15, 0.2) is 5.96 Å². The SMILES string of the molecule is CN=C(NCc1cccc(-n2cccn2)c1)NCc1coc(-c2ccccc2)n1. The quantitative estimate of drug-likeness (QED) is 0.392. The maximum Gasteiger partial charge on any atom is 0.226 e. The van der Waals surface area contributed by atoms with E-state index in [1.807, 2.05) is 59.4 Å². The summed E-state index contributed by atoms with van der Waals surface area (Å²) in [5, 5.41) is 10.8. The third kappa shape index (κ3) is 4.70. The molecule has 146 valence electrons. The van der Waals surface area contributed by atoms with Crippen molar-refractivity contribution in [1.82, 2.24) is 25.4 Å². The molecule has 0 amide bonds. The molecule has 0 spiro atoms. The van der Waals surface area contributed by atoms with E-state index in [2.05, 4.69) is 37.8 Å². The van der Waals surface area contributed by atoms with Gasteiger partial charge < -0.3 is 15.1 Å². The molecule has 7 heteroatoms. The highest BCUT2D eigenvalue weighted by atomic mass is 16.3. The topological polar surface area (TPSA) is 80.3 Å². The Hall–Kier alpha value is -3.87. The highest BCUT2D eigenvalue weighted by Crippen LogP contribution is 2.17. The Morgan fingerprint density at radius 3 is 2.69 bits per heavy atom. The Balaban J connectivity index is 1.33. The predicted molar refractivity (Wildman–Crippen MR) is 113 cm³/mol. The summed E-state index contributed by atoms with van der Waals surface area (Å²) in [6, 6.07) is 20.0. The van der Waals surface area contributed by atoms with Crippen LogP contribution in [0.2, 0.25) is 0 Å². The molecule has 7 nitrogen and oxygen atoms in total. The Kier molecular flexibility index (Phi) is 5.66. The number of aromatic nitrogens is 3. The maximum atomic E-state index is 5.57. The zero-order valence-corrected chi connectivity index (χ0v) is 16.1. The van der Waals surface area contributed by atoms with Gasteiger partial charge in [0.05, 0.1) is 17.9 Å². The van der Waals surface area contributed by atoms with E-state index in [-0.39, 0.29) is 0 Å². The maximum absolute atomic E-state index is 5.57. The molecule has 0 fully saturated rings. The Morgan fingerprint density at radius 2 is 1.90 bits per heavy atom. The van der Waals surface area contributed by atoms with Gasteiger partial charge in [0, 0.05) is 31.5 Å². The number of nitrogens with zero attached hydrogens (tertiary/aromatic N) is 4. The molecule has 0 saturated heterocycles. The van der Waals surface area contributed by atoms with Crippen molar-refractivity contribution < 1.29 is 4.42 Å². The normalized spacial score (nSPS) is 11.4. The van der Waals surface area contributed by atoms with Gasteiger partial charge >= 0.3 is 0 Å². The molecular formula is C22H22N6O. The van der Waals surface area contributed by atoms with Gasteiger partial charge in [-0.05, 0) is 35.9 Å². The Morgan fingerprint density at radius 1 is 1.03 bits per heavy atom. The lowest BCUT2D eigenvalue weighted by molar-refractivity contribution is 0.572. The zero-order valence-electron chi connectivity index (χ0n) is 16.1. The van der Waals surface area contributed by atoms with Crippen molar-refractivity contribution in [3.8, 4) is 17.1 Å². The summed E-state index contributed by atoms with van der Waals surface area (Å²) in [7, 11) is 1.74. The number of guanidine groups is 1. The summed E-state index contributed by atoms with van der Waals surface area (Å²) in [6.45, 7) is 1.16. The van der Waals surface area contributed by atoms with E-state index in [0.29, 0.717) is 24.9 Å². The van der Waals surface area contributed by atoms with Gasteiger partial charge in [-0.3, -0.25) is 4.99 Å². The van der Waals surface area contributed by atoms with Crippen molar-refractivity contribution in [3.63, 3.8) is 0 Å². The lowest BCUT2D eigenvalue weighted by atomic mass is 10.2. The number of oxazole rings is 1. The minimum absolute atomic E-state index is 0.517. The summed E-state index contributed by atoms with van der Waals surface area (Å²) < 4.78 is 7.41. The minimum Gasteiger partial charge on any atom is -0.444 e. The number of hydrogen-bond acceptors (Lipinski definition) is 4. The first-order valence-electron chi connectivity index (χ1n) is 9.35. The van der Waals surface area contributed by atoms with E-state index >= 15 is 0 Å². The van der Waals surface area contributed by atoms with Gasteiger partial charge in [0.2, 0.25) is 5.89 Å². The van der Waals surface area contributed by atoms with Crippen molar-refractivity contribution >= 4 is 5.96 Å². The van der Waals surface area contributed by atoms with Gasteiger partial charge in [-0.25, -0.2) is 9.67 Å². The average Bonchev–Trinajstić information content (AvgIpc) is 3.47. The summed E-state index contributed by atoms with van der Waals surface area (Å²) in [6.07, 6.45) is 5.36. The molecule has 2 N–H and O–H groups in total. The average molecular weight is 386 g/mol. The van der Waals surface area contributed by atoms with Crippen molar-refractivity contribution in [2.24, 2.45) is 4.99 Å². The summed E-state index contributed by atoms with van der Waals surface area (Å²) in [5.41, 5.74) is 3.92. The highest BCUT2D eigenvalue weighted by molar-refractivity contribution is 5.79. The standard InChI is InChI=1S/C22H22N6O/c1-23-22(24-14-17-7-5-10-20(13-17)28-12-6-11-26-28)25-15-19-16-29-21(27-19)18-8-3-2-4-9-18/h2-13,16H,14-15H2,1H3,(H2,23,24,25). The second kappa shape index (κ2) is 8.88. The Labute approximate surface area is 169 Å². The molecule has 2 aromatic carbocycles. The van der Waals surface area contributed by atoms with Gasteiger partial charge in [0.25, 0.3) is 0 Å². The van der Waals surface area contributed by atoms with E-state index in [4.69, 9.17) is 4.42 Å². The molecule has 0 atom stereocenters. The minimum atomic E-state index is 0.517. The van der Waals surface area contributed by atoms with Crippen LogP contribution in [-0.2, 0) is 13.1 Å². The predicted octanol–water partition coefficient (Wildman–Crippen LogP) is 3.39. The first-order valence-corrected chi connectivity index (χ1v) is 9.35. The van der Waals surface area contributed by atoms with Crippen molar-refractivity contribution in [3.05, 3.63) is 90.6 Å². The van der Waals surface area contributed by atoms with E-state index in [1.165, 1.54) is 0 Å². The van der Waals surface area contributed by atoms with Gasteiger partial charge in [-0.1, -0.05) is 30.3 Å². The van der Waals surface area contributed by atoms with Gasteiger partial charge in [-0.2, -0.15) is 5.10 Å². The zero-order chi connectivity index (χ0) is 19.9. The third-order valence-electron chi connectivity index (χ3n) is 4.37. The molecule has 0 radical (unpaired) electrons. The third-order valence-corrected chi connectivity index (χ3v) is 4.37. The molecule has 2 heterocycles. The fourth-order valence-electron chi connectivity index (χ4n) is 2.91. The van der Waals surface area contributed by atoms with Crippen LogP contribution in [0.3, 0.4) is 0 Å². The molecule has 0 bridgehead atoms. The van der Waals surface area contributed by atoms with Crippen LogP contribution in [0.1, 0.15) is 11.3 Å². The fraction of sp³-hybridized carbons (Fsp3) is 0.136. The van der Waals surface area contributed by atoms with Crippen molar-refractivity contribution in [1.29, 1.82) is 0 Å². The second-order valence-electron chi connectivity index (χ2n) is 6.41. The number of benzene rings is 2. The smallest absolute Gasteiger partial charge is 0.226 e. The van der Waals surface area contributed by atoms with Crippen LogP contribution < -0.4 is 10.6 Å². The lowest BCUT2D eigenvalue weighted by Crippen LogP contribution is -2.36. The second-order valence-corrected chi connectivity index (χ2v) is 6.41. The van der Waals surface area contributed by atoms with Crippen LogP contribution in [0.25, 0.3) is 17.1 Å². The molecule has 29 heavy (non-hydrogen) atoms. The molecule has 0 saturated carbocycles. The van der Waals surface area contributed by atoms with E-state index in [1.54, 1.807) is 19.5 Å². The monoisotopic (exact) mass is 386 g/mol. The summed E-state index contributed by atoms with van der Waals surface area (Å²) >= 11 is 0. The van der Waals surface area contributed by atoms with Crippen LogP contribution in [-0.4, -0.2) is 27.8 Å². The molecule has 4 rings (SSSR count). The first-order chi connectivity index (χ1) is 14.3. The summed E-state index contributed by atoms with van der Waals surface area (Å²) in [5.74, 6) is 1.31. The number of aliphatic imine (C=N–C) groups is 1. The van der Waals surface area contributed by atoms with E-state index in [0.717, 1.165) is 22.5 Å². The summed E-state index contributed by atoms with van der Waals surface area (Å²) in [4.78, 5) is 8.80. The van der Waals surface area contributed by atoms with Crippen molar-refractivity contribution in [2.45, 2.75) is 13.1 Å². The Bertz CT molecular complexity index is 1070.